The molecule has 1 aromatic heterocycles. The van der Waals surface area contributed by atoms with Crippen molar-refractivity contribution in [3.8, 4) is 0 Å². The van der Waals surface area contributed by atoms with Gasteiger partial charge in [0, 0.05) is 12.1 Å². The molecule has 6 nitrogen and oxygen atoms in total. The number of hydrogen-bond donors (Lipinski definition) is 1. The van der Waals surface area contributed by atoms with E-state index in [-0.39, 0.29) is 12.3 Å². The maximum Gasteiger partial charge on any atom is 0.326 e. The van der Waals surface area contributed by atoms with Crippen molar-refractivity contribution in [2.45, 2.75) is 32.2 Å². The lowest BCUT2D eigenvalue weighted by Gasteiger charge is -2.21. The van der Waals surface area contributed by atoms with Crippen LogP contribution in [0.3, 0.4) is 0 Å². The number of carboxylic acids is 1. The summed E-state index contributed by atoms with van der Waals surface area (Å²) in [4.78, 5) is 24.4. The summed E-state index contributed by atoms with van der Waals surface area (Å²) in [6, 6.07) is -0.678. The van der Waals surface area contributed by atoms with Crippen molar-refractivity contribution in [1.29, 1.82) is 0 Å². The van der Waals surface area contributed by atoms with Crippen molar-refractivity contribution in [3.63, 3.8) is 0 Å². The van der Waals surface area contributed by atoms with E-state index >= 15 is 0 Å². The molecule has 2 heterocycles. The molecular weight excluding hydrogens is 224 g/mol. The molecule has 0 unspecified atom stereocenters. The second-order valence-corrected chi connectivity index (χ2v) is 4.19. The summed E-state index contributed by atoms with van der Waals surface area (Å²) in [5, 5.41) is 12.7. The van der Waals surface area contributed by atoms with Gasteiger partial charge in [-0.1, -0.05) is 5.16 Å². The number of aliphatic carboxylic acids is 1. The topological polar surface area (TPSA) is 83.6 Å². The smallest absolute Gasteiger partial charge is 0.326 e. The van der Waals surface area contributed by atoms with Crippen LogP contribution in [0, 0.1) is 6.92 Å². The van der Waals surface area contributed by atoms with Crippen molar-refractivity contribution < 1.29 is 19.2 Å². The number of carbonyl (C=O) groups is 2. The van der Waals surface area contributed by atoms with Crippen LogP contribution in [-0.4, -0.2) is 39.6 Å². The first-order valence-corrected chi connectivity index (χ1v) is 5.51. The van der Waals surface area contributed by atoms with Gasteiger partial charge < -0.3 is 14.5 Å². The Kier molecular flexibility index (Phi) is 3.12. The van der Waals surface area contributed by atoms with Gasteiger partial charge in [0.25, 0.3) is 0 Å². The summed E-state index contributed by atoms with van der Waals surface area (Å²) in [6.45, 7) is 2.27. The molecule has 1 aromatic rings. The summed E-state index contributed by atoms with van der Waals surface area (Å²) < 4.78 is 4.75. The quantitative estimate of drug-likeness (QED) is 0.833. The third-order valence-electron chi connectivity index (χ3n) is 3.05. The maximum absolute atomic E-state index is 12.0. The molecule has 2 rings (SSSR count). The van der Waals surface area contributed by atoms with E-state index in [1.807, 2.05) is 0 Å². The van der Waals surface area contributed by atoms with Crippen molar-refractivity contribution in [2.24, 2.45) is 0 Å². The average Bonchev–Trinajstić information content (AvgIpc) is 2.87. The maximum atomic E-state index is 12.0. The van der Waals surface area contributed by atoms with Gasteiger partial charge in [0.05, 0.1) is 12.1 Å². The van der Waals surface area contributed by atoms with Gasteiger partial charge in [0.15, 0.2) is 0 Å². The number of carbonyl (C=O) groups excluding carboxylic acids is 1. The second-order valence-electron chi connectivity index (χ2n) is 4.19. The molecule has 92 valence electrons. The Labute approximate surface area is 98.2 Å². The Bertz CT molecular complexity index is 440. The van der Waals surface area contributed by atoms with Gasteiger partial charge in [-0.05, 0) is 19.8 Å². The van der Waals surface area contributed by atoms with E-state index in [2.05, 4.69) is 5.16 Å². The molecule has 0 spiro atoms. The molecule has 1 N–H and O–H groups in total. The fraction of sp³-hybridized carbons (Fsp3) is 0.545. The summed E-state index contributed by atoms with van der Waals surface area (Å²) in [5.41, 5.74) is 1.38. The van der Waals surface area contributed by atoms with E-state index in [0.717, 1.165) is 6.42 Å². The van der Waals surface area contributed by atoms with E-state index in [0.29, 0.717) is 24.2 Å². The van der Waals surface area contributed by atoms with Crippen LogP contribution in [0.15, 0.2) is 10.8 Å². The minimum atomic E-state index is -0.933. The third-order valence-corrected chi connectivity index (χ3v) is 3.05. The molecule has 17 heavy (non-hydrogen) atoms. The molecular formula is C11H14N2O4. The van der Waals surface area contributed by atoms with Gasteiger partial charge in [-0.3, -0.25) is 4.79 Å². The number of amides is 1. The van der Waals surface area contributed by atoms with Crippen LogP contribution in [0.2, 0.25) is 0 Å². The van der Waals surface area contributed by atoms with Gasteiger partial charge in [0.1, 0.15) is 12.3 Å². The Balaban J connectivity index is 2.05. The largest absolute Gasteiger partial charge is 0.480 e. The van der Waals surface area contributed by atoms with E-state index < -0.39 is 12.0 Å². The summed E-state index contributed by atoms with van der Waals surface area (Å²) in [6.07, 6.45) is 2.85. The first-order chi connectivity index (χ1) is 8.09. The van der Waals surface area contributed by atoms with Gasteiger partial charge in [-0.15, -0.1) is 0 Å². The standard InChI is InChI=1S/C11H14N2O4/c1-7-8(6-17-12-7)5-10(14)13-4-2-3-9(13)11(15)16/h6,9H,2-5H2,1H3,(H,15,16)/t9-/m0/s1. The van der Waals surface area contributed by atoms with Crippen molar-refractivity contribution in [2.75, 3.05) is 6.54 Å². The summed E-state index contributed by atoms with van der Waals surface area (Å²) in [5.74, 6) is -1.11. The van der Waals surface area contributed by atoms with Crippen LogP contribution < -0.4 is 0 Å². The fourth-order valence-electron chi connectivity index (χ4n) is 2.07. The highest BCUT2D eigenvalue weighted by atomic mass is 16.5. The number of carboxylic acid groups (broad SMARTS) is 1. The zero-order chi connectivity index (χ0) is 12.4. The molecule has 0 aliphatic carbocycles. The number of nitrogens with zero attached hydrogens (tertiary/aromatic N) is 2. The first-order valence-electron chi connectivity index (χ1n) is 5.51. The van der Waals surface area contributed by atoms with Crippen LogP contribution in [-0.2, 0) is 16.0 Å². The summed E-state index contributed by atoms with van der Waals surface area (Å²) >= 11 is 0. The van der Waals surface area contributed by atoms with Gasteiger partial charge >= 0.3 is 5.97 Å². The van der Waals surface area contributed by atoms with Crippen LogP contribution in [0.1, 0.15) is 24.1 Å². The highest BCUT2D eigenvalue weighted by Gasteiger charge is 2.33. The third kappa shape index (κ3) is 2.30. The SMILES string of the molecule is Cc1nocc1CC(=O)N1CCC[C@H]1C(=O)O. The Morgan fingerprint density at radius 1 is 1.65 bits per heavy atom. The molecule has 1 saturated heterocycles. The fourth-order valence-corrected chi connectivity index (χ4v) is 2.07. The van der Waals surface area contributed by atoms with Gasteiger partial charge in [-0.25, -0.2) is 4.79 Å². The Morgan fingerprint density at radius 2 is 2.41 bits per heavy atom. The highest BCUT2D eigenvalue weighted by molar-refractivity contribution is 5.85. The Morgan fingerprint density at radius 3 is 3.00 bits per heavy atom. The second kappa shape index (κ2) is 4.57. The van der Waals surface area contributed by atoms with Crippen LogP contribution >= 0.6 is 0 Å². The number of rotatable bonds is 3. The normalized spacial score (nSPS) is 19.6. The van der Waals surface area contributed by atoms with Crippen LogP contribution in [0.5, 0.6) is 0 Å². The van der Waals surface area contributed by atoms with Crippen molar-refractivity contribution >= 4 is 11.9 Å². The van der Waals surface area contributed by atoms with E-state index in [9.17, 15) is 9.59 Å². The lowest BCUT2D eigenvalue weighted by molar-refractivity contribution is -0.148. The van der Waals surface area contributed by atoms with E-state index in [1.54, 1.807) is 6.92 Å². The van der Waals surface area contributed by atoms with E-state index in [4.69, 9.17) is 9.63 Å². The average molecular weight is 238 g/mol. The zero-order valence-electron chi connectivity index (χ0n) is 9.55. The van der Waals surface area contributed by atoms with Crippen molar-refractivity contribution in [1.82, 2.24) is 10.1 Å². The minimum absolute atomic E-state index is 0.152. The van der Waals surface area contributed by atoms with Crippen LogP contribution in [0.4, 0.5) is 0 Å². The monoisotopic (exact) mass is 238 g/mol. The number of aryl methyl sites for hydroxylation is 1. The molecule has 1 atom stereocenters. The molecule has 1 aliphatic rings. The molecule has 1 amide bonds. The molecule has 6 heteroatoms. The molecule has 0 radical (unpaired) electrons. The molecule has 0 saturated carbocycles. The predicted molar refractivity (Wildman–Crippen MR) is 57.3 cm³/mol. The minimum Gasteiger partial charge on any atom is -0.480 e. The number of aromatic nitrogens is 1. The summed E-state index contributed by atoms with van der Waals surface area (Å²) in [7, 11) is 0. The predicted octanol–water partition coefficient (Wildman–Crippen LogP) is 0.601. The lowest BCUT2D eigenvalue weighted by atomic mass is 10.1. The molecule has 0 aromatic carbocycles. The van der Waals surface area contributed by atoms with E-state index in [1.165, 1.54) is 11.2 Å². The molecule has 1 fully saturated rings. The molecule has 0 bridgehead atoms. The highest BCUT2D eigenvalue weighted by Crippen LogP contribution is 2.19. The van der Waals surface area contributed by atoms with Crippen molar-refractivity contribution in [3.05, 3.63) is 17.5 Å². The zero-order valence-corrected chi connectivity index (χ0v) is 9.55. The molecule has 1 aliphatic heterocycles. The van der Waals surface area contributed by atoms with Crippen LogP contribution in [0.25, 0.3) is 0 Å². The van der Waals surface area contributed by atoms with Gasteiger partial charge in [0.2, 0.25) is 5.91 Å². The Hall–Kier alpha value is -1.85. The number of hydrogen-bond acceptors (Lipinski definition) is 4. The lowest BCUT2D eigenvalue weighted by Crippen LogP contribution is -2.41. The first kappa shape index (κ1) is 11.6. The number of likely N-dealkylation sites (tertiary alicyclic amines) is 1. The van der Waals surface area contributed by atoms with Gasteiger partial charge in [-0.2, -0.15) is 0 Å².